The maximum Gasteiger partial charge on any atom is 0.326 e. The minimum absolute atomic E-state index is 0.128. The zero-order valence-corrected chi connectivity index (χ0v) is 7.99. The Kier molecular flexibility index (Phi) is 2.67. The standard InChI is InChI=1S/C9H14N2O3/c12-7-4-5-11(9(13)10-7)8-3-1-2-6-14-8/h8H,1-6H2,(H,10,12,13). The van der Waals surface area contributed by atoms with E-state index in [1.807, 2.05) is 0 Å². The second-order valence-corrected chi connectivity index (χ2v) is 3.62. The van der Waals surface area contributed by atoms with Gasteiger partial charge in [0.25, 0.3) is 0 Å². The van der Waals surface area contributed by atoms with E-state index in [1.165, 1.54) is 0 Å². The zero-order chi connectivity index (χ0) is 9.97. The quantitative estimate of drug-likeness (QED) is 0.665. The van der Waals surface area contributed by atoms with Gasteiger partial charge in [0.1, 0.15) is 6.23 Å². The van der Waals surface area contributed by atoms with Crippen LogP contribution in [0.25, 0.3) is 0 Å². The molecule has 78 valence electrons. The number of urea groups is 1. The molecule has 1 unspecified atom stereocenters. The summed E-state index contributed by atoms with van der Waals surface area (Å²) in [6.07, 6.45) is 3.28. The zero-order valence-electron chi connectivity index (χ0n) is 7.99. The van der Waals surface area contributed by atoms with Gasteiger partial charge in [-0.15, -0.1) is 0 Å². The van der Waals surface area contributed by atoms with Crippen LogP contribution in [0.2, 0.25) is 0 Å². The predicted molar refractivity (Wildman–Crippen MR) is 48.5 cm³/mol. The van der Waals surface area contributed by atoms with Crippen LogP contribution >= 0.6 is 0 Å². The van der Waals surface area contributed by atoms with Crippen LogP contribution in [0.1, 0.15) is 25.7 Å². The van der Waals surface area contributed by atoms with Gasteiger partial charge >= 0.3 is 6.03 Å². The molecule has 0 aromatic carbocycles. The average molecular weight is 198 g/mol. The number of hydrogen-bond donors (Lipinski definition) is 1. The van der Waals surface area contributed by atoms with Gasteiger partial charge in [-0.3, -0.25) is 15.0 Å². The first-order valence-corrected chi connectivity index (χ1v) is 4.99. The van der Waals surface area contributed by atoms with E-state index in [4.69, 9.17) is 4.74 Å². The van der Waals surface area contributed by atoms with Crippen LogP contribution in [-0.4, -0.2) is 36.2 Å². The summed E-state index contributed by atoms with van der Waals surface area (Å²) in [4.78, 5) is 23.9. The Labute approximate surface area is 82.4 Å². The van der Waals surface area contributed by atoms with Gasteiger partial charge in [0.2, 0.25) is 5.91 Å². The van der Waals surface area contributed by atoms with Crippen molar-refractivity contribution in [3.63, 3.8) is 0 Å². The molecule has 0 aromatic rings. The van der Waals surface area contributed by atoms with Gasteiger partial charge in [0.15, 0.2) is 0 Å². The van der Waals surface area contributed by atoms with E-state index in [1.54, 1.807) is 4.90 Å². The number of hydrogen-bond acceptors (Lipinski definition) is 3. The minimum Gasteiger partial charge on any atom is -0.358 e. The van der Waals surface area contributed by atoms with Crippen molar-refractivity contribution in [2.75, 3.05) is 13.2 Å². The van der Waals surface area contributed by atoms with Crippen molar-refractivity contribution in [3.05, 3.63) is 0 Å². The molecule has 2 fully saturated rings. The summed E-state index contributed by atoms with van der Waals surface area (Å²) >= 11 is 0. The normalized spacial score (nSPS) is 28.9. The number of carbonyl (C=O) groups is 2. The molecule has 0 aromatic heterocycles. The molecular weight excluding hydrogens is 184 g/mol. The Hall–Kier alpha value is -1.10. The minimum atomic E-state index is -0.312. The van der Waals surface area contributed by atoms with E-state index in [0.29, 0.717) is 19.6 Å². The van der Waals surface area contributed by atoms with Crippen molar-refractivity contribution < 1.29 is 14.3 Å². The third-order valence-electron chi connectivity index (χ3n) is 2.59. The first-order chi connectivity index (χ1) is 6.77. The van der Waals surface area contributed by atoms with Crippen LogP contribution in [0.15, 0.2) is 0 Å². The Bertz CT molecular complexity index is 248. The first kappa shape index (κ1) is 9.45. The lowest BCUT2D eigenvalue weighted by Crippen LogP contribution is -2.54. The second kappa shape index (κ2) is 3.96. The van der Waals surface area contributed by atoms with Gasteiger partial charge < -0.3 is 4.74 Å². The van der Waals surface area contributed by atoms with Gasteiger partial charge in [0.05, 0.1) is 0 Å². The van der Waals surface area contributed by atoms with Crippen LogP contribution in [0.5, 0.6) is 0 Å². The lowest BCUT2D eigenvalue weighted by Gasteiger charge is -2.35. The van der Waals surface area contributed by atoms with Crippen LogP contribution in [0.4, 0.5) is 4.79 Å². The second-order valence-electron chi connectivity index (χ2n) is 3.62. The number of rotatable bonds is 1. The Morgan fingerprint density at radius 3 is 2.86 bits per heavy atom. The third-order valence-corrected chi connectivity index (χ3v) is 2.59. The lowest BCUT2D eigenvalue weighted by molar-refractivity contribution is -0.124. The topological polar surface area (TPSA) is 58.6 Å². The molecule has 1 N–H and O–H groups in total. The summed E-state index contributed by atoms with van der Waals surface area (Å²) in [5.74, 6) is -0.193. The summed E-state index contributed by atoms with van der Waals surface area (Å²) in [6, 6.07) is -0.312. The molecule has 5 heteroatoms. The third kappa shape index (κ3) is 1.87. The van der Waals surface area contributed by atoms with Crippen molar-refractivity contribution >= 4 is 11.9 Å². The predicted octanol–water partition coefficient (Wildman–Crippen LogP) is 0.455. The van der Waals surface area contributed by atoms with Crippen molar-refractivity contribution in [2.24, 2.45) is 0 Å². The Morgan fingerprint density at radius 2 is 2.21 bits per heavy atom. The van der Waals surface area contributed by atoms with E-state index in [0.717, 1.165) is 19.3 Å². The van der Waals surface area contributed by atoms with Crippen LogP contribution in [0.3, 0.4) is 0 Å². The van der Waals surface area contributed by atoms with E-state index >= 15 is 0 Å². The van der Waals surface area contributed by atoms with E-state index in [-0.39, 0.29) is 18.2 Å². The van der Waals surface area contributed by atoms with Crippen molar-refractivity contribution in [3.8, 4) is 0 Å². The molecule has 0 radical (unpaired) electrons. The molecule has 2 heterocycles. The number of amides is 3. The molecule has 3 amide bonds. The summed E-state index contributed by atoms with van der Waals surface area (Å²) in [7, 11) is 0. The number of nitrogens with zero attached hydrogens (tertiary/aromatic N) is 1. The first-order valence-electron chi connectivity index (χ1n) is 4.99. The van der Waals surface area contributed by atoms with Gasteiger partial charge in [-0.05, 0) is 19.3 Å². The SMILES string of the molecule is O=C1CCN(C2CCCCO2)C(=O)N1. The number of imide groups is 1. The molecule has 5 nitrogen and oxygen atoms in total. The van der Waals surface area contributed by atoms with Crippen molar-refractivity contribution in [2.45, 2.75) is 31.9 Å². The molecule has 0 aliphatic carbocycles. The van der Waals surface area contributed by atoms with E-state index in [9.17, 15) is 9.59 Å². The molecule has 2 aliphatic heterocycles. The molecule has 14 heavy (non-hydrogen) atoms. The number of ether oxygens (including phenoxy) is 1. The van der Waals surface area contributed by atoms with Gasteiger partial charge in [-0.2, -0.15) is 0 Å². The average Bonchev–Trinajstić information content (AvgIpc) is 2.19. The maximum atomic E-state index is 11.4. The number of carbonyl (C=O) groups excluding carboxylic acids is 2. The van der Waals surface area contributed by atoms with Crippen LogP contribution in [-0.2, 0) is 9.53 Å². The smallest absolute Gasteiger partial charge is 0.326 e. The van der Waals surface area contributed by atoms with Gasteiger partial charge in [0, 0.05) is 19.6 Å². The van der Waals surface area contributed by atoms with E-state index < -0.39 is 0 Å². The largest absolute Gasteiger partial charge is 0.358 e. The Balaban J connectivity index is 1.95. The molecule has 0 bridgehead atoms. The summed E-state index contributed by atoms with van der Waals surface area (Å²) < 4.78 is 5.48. The molecular formula is C9H14N2O3. The highest BCUT2D eigenvalue weighted by molar-refractivity contribution is 5.96. The number of nitrogens with one attached hydrogen (secondary N) is 1. The fourth-order valence-electron chi connectivity index (χ4n) is 1.82. The monoisotopic (exact) mass is 198 g/mol. The molecule has 0 spiro atoms. The van der Waals surface area contributed by atoms with Crippen molar-refractivity contribution in [1.29, 1.82) is 0 Å². The van der Waals surface area contributed by atoms with E-state index in [2.05, 4.69) is 5.32 Å². The molecule has 1 atom stereocenters. The van der Waals surface area contributed by atoms with Gasteiger partial charge in [-0.25, -0.2) is 4.79 Å². The summed E-state index contributed by atoms with van der Waals surface area (Å²) in [6.45, 7) is 1.19. The maximum absolute atomic E-state index is 11.4. The highest BCUT2D eigenvalue weighted by Gasteiger charge is 2.30. The van der Waals surface area contributed by atoms with Crippen LogP contribution in [0, 0.1) is 0 Å². The van der Waals surface area contributed by atoms with Crippen LogP contribution < -0.4 is 5.32 Å². The fraction of sp³-hybridized carbons (Fsp3) is 0.778. The molecule has 2 aliphatic rings. The molecule has 2 saturated heterocycles. The molecule has 2 rings (SSSR count). The molecule has 0 saturated carbocycles. The highest BCUT2D eigenvalue weighted by Crippen LogP contribution is 2.18. The fourth-order valence-corrected chi connectivity index (χ4v) is 1.82. The summed E-state index contributed by atoms with van der Waals surface area (Å²) in [5.41, 5.74) is 0. The lowest BCUT2D eigenvalue weighted by atomic mass is 10.1. The summed E-state index contributed by atoms with van der Waals surface area (Å²) in [5, 5.41) is 2.29. The van der Waals surface area contributed by atoms with Crippen molar-refractivity contribution in [1.82, 2.24) is 10.2 Å². The highest BCUT2D eigenvalue weighted by atomic mass is 16.5. The Morgan fingerprint density at radius 1 is 1.36 bits per heavy atom. The van der Waals surface area contributed by atoms with Gasteiger partial charge in [-0.1, -0.05) is 0 Å².